The average molecular weight is 681 g/mol. The maximum atomic E-state index is 14.6. The molecule has 2 N–H and O–H groups in total. The summed E-state index contributed by atoms with van der Waals surface area (Å²) >= 11 is 0. The molecule has 12 heteroatoms. The molecule has 0 radical (unpaired) electrons. The van der Waals surface area contributed by atoms with Crippen LogP contribution in [0.2, 0.25) is 0 Å². The van der Waals surface area contributed by atoms with Gasteiger partial charge in [0.25, 0.3) is 0 Å². The smallest absolute Gasteiger partial charge is 0.313 e. The molecule has 3 amide bonds. The molecule has 49 heavy (non-hydrogen) atoms. The topological polar surface area (TPSA) is 138 Å². The Morgan fingerprint density at radius 1 is 1.14 bits per heavy atom. The first-order valence-corrected chi connectivity index (χ1v) is 17.7. The lowest BCUT2D eigenvalue weighted by molar-refractivity contribution is -0.162. The Morgan fingerprint density at radius 2 is 1.90 bits per heavy atom. The van der Waals surface area contributed by atoms with Gasteiger partial charge in [-0.15, -0.1) is 13.2 Å². The van der Waals surface area contributed by atoms with Crippen LogP contribution in [-0.4, -0.2) is 126 Å². The molecule has 4 saturated heterocycles. The molecule has 0 aromatic heterocycles. The van der Waals surface area contributed by atoms with Gasteiger partial charge in [0.05, 0.1) is 37.2 Å². The first kappa shape index (κ1) is 36.7. The molecule has 0 saturated carbocycles. The van der Waals surface area contributed by atoms with Crippen LogP contribution in [0.3, 0.4) is 0 Å². The standard InChI is InChI=1S/C37H52N4O8/c1-4-6-14-29(43)38-26(3)32(27-12-8-7-9-13-27)48-36(46)30-28-15-16-37(49-28)31(30)34(44)41(18-10-11-23-42)33(37)35(45)40(17-5-2)20-19-39-21-24-47-25-22-39/h4-5,7-9,12-13,26,28,30-33,42H,1-2,6,10-11,14-25H2,3H3,(H,38,43)/t26-,28-,30+,31+,32-,33-,37+/m0/s1. The second-order valence-corrected chi connectivity index (χ2v) is 13.5. The number of morpholine rings is 1. The van der Waals surface area contributed by atoms with Gasteiger partial charge in [0.2, 0.25) is 17.7 Å². The van der Waals surface area contributed by atoms with E-state index in [-0.39, 0.29) is 37.3 Å². The number of benzene rings is 1. The number of esters is 1. The summed E-state index contributed by atoms with van der Waals surface area (Å²) in [6, 6.07) is 7.75. The van der Waals surface area contributed by atoms with Crippen molar-refractivity contribution in [2.45, 2.75) is 75.3 Å². The zero-order valence-electron chi connectivity index (χ0n) is 28.7. The highest BCUT2D eigenvalue weighted by Crippen LogP contribution is 2.59. The number of nitrogens with zero attached hydrogens (tertiary/aromatic N) is 3. The first-order chi connectivity index (χ1) is 23.7. The predicted octanol–water partition coefficient (Wildman–Crippen LogP) is 2.24. The van der Waals surface area contributed by atoms with E-state index in [1.165, 1.54) is 0 Å². The number of rotatable bonds is 18. The molecule has 7 atom stereocenters. The van der Waals surface area contributed by atoms with Crippen molar-refractivity contribution >= 4 is 23.7 Å². The van der Waals surface area contributed by atoms with Crippen molar-refractivity contribution in [1.82, 2.24) is 20.0 Å². The largest absolute Gasteiger partial charge is 0.455 e. The quantitative estimate of drug-likeness (QED) is 0.136. The van der Waals surface area contributed by atoms with Gasteiger partial charge in [-0.05, 0) is 44.6 Å². The minimum Gasteiger partial charge on any atom is -0.455 e. The van der Waals surface area contributed by atoms with Crippen LogP contribution in [0.15, 0.2) is 55.6 Å². The third-order valence-corrected chi connectivity index (χ3v) is 10.4. The summed E-state index contributed by atoms with van der Waals surface area (Å²) in [6.45, 7) is 13.9. The molecule has 1 spiro atoms. The van der Waals surface area contributed by atoms with Crippen molar-refractivity contribution in [3.05, 3.63) is 61.2 Å². The van der Waals surface area contributed by atoms with Gasteiger partial charge in [-0.2, -0.15) is 0 Å². The number of carbonyl (C=O) groups is 4. The molecule has 4 fully saturated rings. The van der Waals surface area contributed by atoms with Crippen LogP contribution < -0.4 is 5.32 Å². The van der Waals surface area contributed by atoms with Crippen molar-refractivity contribution in [3.63, 3.8) is 0 Å². The first-order valence-electron chi connectivity index (χ1n) is 17.7. The van der Waals surface area contributed by atoms with Gasteiger partial charge in [-0.3, -0.25) is 24.1 Å². The molecule has 12 nitrogen and oxygen atoms in total. The van der Waals surface area contributed by atoms with E-state index in [9.17, 15) is 24.3 Å². The third kappa shape index (κ3) is 7.93. The van der Waals surface area contributed by atoms with E-state index in [0.717, 1.165) is 13.1 Å². The number of hydrogen-bond acceptors (Lipinski definition) is 9. The maximum Gasteiger partial charge on any atom is 0.313 e. The summed E-state index contributed by atoms with van der Waals surface area (Å²) in [6.07, 6.45) is 4.71. The zero-order valence-corrected chi connectivity index (χ0v) is 28.7. The number of unbranched alkanes of at least 4 members (excludes halogenated alkanes) is 1. The van der Waals surface area contributed by atoms with Crippen molar-refractivity contribution in [2.24, 2.45) is 11.8 Å². The van der Waals surface area contributed by atoms with Crippen molar-refractivity contribution in [3.8, 4) is 0 Å². The molecule has 4 aliphatic heterocycles. The minimum atomic E-state index is -1.17. The van der Waals surface area contributed by atoms with Gasteiger partial charge >= 0.3 is 5.97 Å². The number of likely N-dealkylation sites (tertiary alicyclic amines) is 1. The van der Waals surface area contributed by atoms with E-state index >= 15 is 0 Å². The normalized spacial score (nSPS) is 27.3. The molecular weight excluding hydrogens is 628 g/mol. The third-order valence-electron chi connectivity index (χ3n) is 10.4. The van der Waals surface area contributed by atoms with Crippen LogP contribution in [0, 0.1) is 11.8 Å². The Kier molecular flexibility index (Phi) is 12.6. The van der Waals surface area contributed by atoms with Gasteiger partial charge in [-0.25, -0.2) is 0 Å². The number of carbonyl (C=O) groups excluding carboxylic acids is 4. The summed E-state index contributed by atoms with van der Waals surface area (Å²) in [5, 5.41) is 12.5. The van der Waals surface area contributed by atoms with E-state index in [1.807, 2.05) is 30.3 Å². The van der Waals surface area contributed by atoms with E-state index in [0.29, 0.717) is 70.5 Å². The van der Waals surface area contributed by atoms with Crippen molar-refractivity contribution < 1.29 is 38.5 Å². The molecule has 0 aliphatic carbocycles. The molecule has 4 heterocycles. The molecule has 1 aromatic carbocycles. The number of fused-ring (bicyclic) bond motifs is 1. The fourth-order valence-corrected chi connectivity index (χ4v) is 7.98. The zero-order chi connectivity index (χ0) is 35.0. The minimum absolute atomic E-state index is 0.0337. The molecule has 5 rings (SSSR count). The van der Waals surface area contributed by atoms with Crippen LogP contribution in [0.5, 0.6) is 0 Å². The van der Waals surface area contributed by atoms with Crippen LogP contribution in [0.4, 0.5) is 0 Å². The number of nitrogens with one attached hydrogen (secondary N) is 1. The molecule has 2 bridgehead atoms. The highest BCUT2D eigenvalue weighted by atomic mass is 16.6. The van der Waals surface area contributed by atoms with Crippen molar-refractivity contribution in [2.75, 3.05) is 59.1 Å². The van der Waals surface area contributed by atoms with Gasteiger partial charge in [0, 0.05) is 52.3 Å². The number of amides is 3. The summed E-state index contributed by atoms with van der Waals surface area (Å²) in [5.41, 5.74) is -0.463. The lowest BCUT2D eigenvalue weighted by atomic mass is 9.70. The lowest BCUT2D eigenvalue weighted by Crippen LogP contribution is -2.57. The highest BCUT2D eigenvalue weighted by molar-refractivity contribution is 5.98. The number of hydrogen-bond donors (Lipinski definition) is 2. The van der Waals surface area contributed by atoms with Gasteiger partial charge in [-0.1, -0.05) is 42.5 Å². The molecule has 4 aliphatic rings. The van der Waals surface area contributed by atoms with Gasteiger partial charge in [0.1, 0.15) is 17.7 Å². The summed E-state index contributed by atoms with van der Waals surface area (Å²) in [7, 11) is 0. The average Bonchev–Trinajstić information content (AvgIpc) is 3.76. The van der Waals surface area contributed by atoms with Crippen LogP contribution in [-0.2, 0) is 33.4 Å². The van der Waals surface area contributed by atoms with Gasteiger partial charge in [0.15, 0.2) is 0 Å². The summed E-state index contributed by atoms with van der Waals surface area (Å²) in [5.74, 6) is -3.08. The van der Waals surface area contributed by atoms with Crippen LogP contribution >= 0.6 is 0 Å². The van der Waals surface area contributed by atoms with E-state index in [1.54, 1.807) is 28.9 Å². The monoisotopic (exact) mass is 680 g/mol. The Labute approximate surface area is 289 Å². The summed E-state index contributed by atoms with van der Waals surface area (Å²) in [4.78, 5) is 61.5. The van der Waals surface area contributed by atoms with E-state index in [4.69, 9.17) is 14.2 Å². The fourth-order valence-electron chi connectivity index (χ4n) is 7.98. The Morgan fingerprint density at radius 3 is 2.59 bits per heavy atom. The molecule has 1 aromatic rings. The van der Waals surface area contributed by atoms with Gasteiger partial charge < -0.3 is 34.4 Å². The van der Waals surface area contributed by atoms with E-state index in [2.05, 4.69) is 23.4 Å². The second-order valence-electron chi connectivity index (χ2n) is 13.5. The second kappa shape index (κ2) is 16.9. The lowest BCUT2D eigenvalue weighted by Gasteiger charge is -2.37. The number of aliphatic hydroxyl groups is 1. The van der Waals surface area contributed by atoms with E-state index < -0.39 is 47.7 Å². The van der Waals surface area contributed by atoms with Crippen molar-refractivity contribution in [1.29, 1.82) is 0 Å². The Hall–Kier alpha value is -3.58. The van der Waals surface area contributed by atoms with Crippen LogP contribution in [0.25, 0.3) is 0 Å². The SMILES string of the molecule is C=CCCC(=O)N[C@@H](C)[C@H](OC(=O)[C@@H]1[C@@H]2CC[C@]3(O2)[C@H](C(=O)N(CC=C)CCN2CCOCC2)N(CCCCO)C(=O)[C@@H]13)c1ccccc1. The number of aliphatic hydroxyl groups excluding tert-OH is 1. The highest BCUT2D eigenvalue weighted by Gasteiger charge is 2.75. The van der Waals surface area contributed by atoms with Crippen LogP contribution in [0.1, 0.15) is 57.1 Å². The molecule has 268 valence electrons. The number of allylic oxidation sites excluding steroid dienone is 1. The molecule has 0 unspecified atom stereocenters. The summed E-state index contributed by atoms with van der Waals surface area (Å²) < 4.78 is 18.4. The predicted molar refractivity (Wildman–Crippen MR) is 182 cm³/mol. The Balaban J connectivity index is 1.40. The maximum absolute atomic E-state index is 14.6. The molecular formula is C37H52N4O8. The fraction of sp³-hybridized carbons (Fsp3) is 0.622. The Bertz CT molecular complexity index is 1340. The number of ether oxygens (including phenoxy) is 3.